The number of phenols is 1. The molecule has 14 aromatic rings. The molecule has 27 nitrogen and oxygen atoms in total. The van der Waals surface area contributed by atoms with Gasteiger partial charge in [0, 0.05) is 70.5 Å². The van der Waals surface area contributed by atoms with Crippen molar-refractivity contribution in [3.63, 3.8) is 0 Å². The second-order valence-electron chi connectivity index (χ2n) is 31.9. The van der Waals surface area contributed by atoms with Crippen molar-refractivity contribution in [2.24, 2.45) is 28.7 Å². The Morgan fingerprint density at radius 1 is 0.376 bits per heavy atom. The summed E-state index contributed by atoms with van der Waals surface area (Å²) in [5, 5.41) is 43.3. The number of rotatable bonds is 24. The van der Waals surface area contributed by atoms with Crippen LogP contribution < -0.4 is 114 Å². The zero-order chi connectivity index (χ0) is 102. The number of primary amides is 5. The van der Waals surface area contributed by atoms with Crippen LogP contribution in [0.25, 0.3) is 33.4 Å². The molecule has 1 aliphatic rings. The van der Waals surface area contributed by atoms with Crippen LogP contribution >= 0.6 is 94.2 Å². The third-order valence-corrected chi connectivity index (χ3v) is 24.1. The Kier molecular flexibility index (Phi) is 44.8. The van der Waals surface area contributed by atoms with Crippen molar-refractivity contribution in [1.82, 2.24) is 0 Å². The third kappa shape index (κ3) is 38.0. The Morgan fingerprint density at radius 3 is 0.957 bits per heavy atom. The molecule has 0 saturated carbocycles. The quantitative estimate of drug-likeness (QED) is 0.0152. The number of alkyl halides is 1. The van der Waals surface area contributed by atoms with Gasteiger partial charge in [-0.2, -0.15) is 8.42 Å². The molecule has 0 aromatic heterocycles. The first-order valence-corrected chi connectivity index (χ1v) is 48.1. The number of hydrogen-bond acceptors (Lipinski definition) is 16. The van der Waals surface area contributed by atoms with Crippen LogP contribution in [0.15, 0.2) is 318 Å². The molecule has 1 heterocycles. The van der Waals surface area contributed by atoms with Gasteiger partial charge in [-0.05, 0) is 333 Å². The number of carbonyl (C=O) groups is 5. The van der Waals surface area contributed by atoms with Gasteiger partial charge in [-0.15, -0.1) is 0 Å². The molecule has 0 spiro atoms. The number of amides is 10. The van der Waals surface area contributed by atoms with Crippen LogP contribution in [0.2, 0.25) is 20.1 Å². The van der Waals surface area contributed by atoms with Gasteiger partial charge in [0.15, 0.2) is 5.75 Å². The molecule has 1 fully saturated rings. The predicted octanol–water partition coefficient (Wildman–Crippen LogP) is 19.6. The van der Waals surface area contributed by atoms with Crippen molar-refractivity contribution in [3.8, 4) is 62.1 Å². The molecule has 1 aliphatic heterocycles. The fourth-order valence-electron chi connectivity index (χ4n) is 13.5. The molecule has 1 saturated heterocycles. The Morgan fingerprint density at radius 2 is 0.652 bits per heavy atom. The molecule has 0 aliphatic carbocycles. The molecule has 0 atom stereocenters. The summed E-state index contributed by atoms with van der Waals surface area (Å²) in [6.45, 7) is 8.04. The zero-order valence-corrected chi connectivity index (χ0v) is 88.3. The molecule has 19 N–H and O–H groups in total. The third-order valence-electron chi connectivity index (χ3n) is 20.9. The summed E-state index contributed by atoms with van der Waals surface area (Å²) in [5.74, 6) is 2.69. The summed E-state index contributed by atoms with van der Waals surface area (Å²) in [7, 11) is -1.55. The van der Waals surface area contributed by atoms with E-state index in [4.69, 9.17) is 117 Å². The predicted molar refractivity (Wildman–Crippen MR) is 572 cm³/mol. The first-order chi connectivity index (χ1) is 66.5. The molecule has 0 unspecified atom stereocenters. The number of carbonyl (C=O) groups excluding carboxylic acids is 5. The average Bonchev–Trinajstić information content (AvgIpc) is 1.63. The van der Waals surface area contributed by atoms with E-state index in [1.54, 1.807) is 124 Å². The number of benzene rings is 14. The summed E-state index contributed by atoms with van der Waals surface area (Å²) in [6, 6.07) is 91.1. The minimum Gasteiger partial charge on any atom is -0.507 e. The van der Waals surface area contributed by atoms with E-state index < -0.39 is 54.8 Å². The van der Waals surface area contributed by atoms with Gasteiger partial charge in [0.25, 0.3) is 0 Å². The molecule has 0 bridgehead atoms. The number of methoxy groups -OCH3 is 3. The molecule has 10 amide bonds. The largest absolute Gasteiger partial charge is 1.00 e. The number of anilines is 5. The number of nitrogens with one attached hydrogen (secondary N) is 5. The standard InChI is InChI=1S/C21H19ClN2O2.C20H17ClN2O5S.C20H17ClN2O2.C15H15BrN2O2.C13H19BN2O3.C8H8Br2O.C6H6BClO2.Na/c1-26-20-10-7-15(12-19(20)16-3-2-4-17(22)13-16)11-14-5-8-18(9-6-14)24-21(23)25;21-16-3-1-2-15(12-16)18-11-14(6-9-19(18)28-29(25,26)27)10-13-4-7-17(8-5-13)23-20(22)24;21-16-3-1-2-15(12-16)18-11-14(6-9-19(18)24)10-13-4-7-17(8-5-13)23-20(22)25;1-20-14-7-4-11(9-13(14)16)8-10-2-5-12(6-3-10)18-15(17)19;1-12(2)13(3,4)19-14(18-12)9-5-7-10(8-6-9)16-11(15)17;1-11-8-3-2-6(5-9)4-7(8)10;8-6-3-1-2-5(4-6)7(9)10;/h2-10,12-13H,11H2,1H3,(H3,23,24,25);1-9,11-12H,10H2,(H3,22,23,24)(H,25,26,27);1-9,11-12,24H,10H2,(H3,22,23,25);2-7,9H,8H2,1H3,(H3,17,18,19);5-8H,1-4H3,(H3,15,16,17);2-4H,5H2,1H3;1-4,9-10H;/q;;;;;;;+1. The van der Waals surface area contributed by atoms with E-state index in [1.807, 2.05) is 216 Å². The van der Waals surface area contributed by atoms with E-state index in [0.717, 1.165) is 111 Å². The van der Waals surface area contributed by atoms with Crippen molar-refractivity contribution in [2.75, 3.05) is 47.9 Å². The second-order valence-corrected chi connectivity index (χ2v) is 36.9. The van der Waals surface area contributed by atoms with Crippen molar-refractivity contribution in [3.05, 3.63) is 388 Å². The number of nitrogens with two attached hydrogens (primary N) is 5. The topological polar surface area (TPSA) is 446 Å². The first kappa shape index (κ1) is 114. The number of phenolic OH excluding ortho intramolecular Hbond substituents is 1. The number of hydrogen-bond donors (Lipinski definition) is 14. The Hall–Kier alpha value is -12.1. The van der Waals surface area contributed by atoms with E-state index in [2.05, 4.69) is 80.4 Å². The fraction of sp³-hybridized carbons (Fsp3) is 0.136. The maximum atomic E-state index is 11.2. The Labute approximate surface area is 886 Å². The van der Waals surface area contributed by atoms with Gasteiger partial charge in [-0.1, -0.05) is 202 Å². The zero-order valence-electron chi connectivity index (χ0n) is 77.7. The average molecular weight is 2210 g/mol. The van der Waals surface area contributed by atoms with Crippen LogP contribution in [0, 0.1) is 0 Å². The van der Waals surface area contributed by atoms with Gasteiger partial charge in [0.05, 0.1) is 41.5 Å². The van der Waals surface area contributed by atoms with Crippen LogP contribution in [-0.2, 0) is 50.7 Å². The van der Waals surface area contributed by atoms with E-state index in [0.29, 0.717) is 78.0 Å². The number of aromatic hydroxyl groups is 1. The molecular formula is C103H101B2Br3Cl4N10NaO17S+. The Balaban J connectivity index is 0.000000206. The van der Waals surface area contributed by atoms with Crippen molar-refractivity contribution in [1.29, 1.82) is 0 Å². The molecule has 14 aromatic carbocycles. The maximum Gasteiger partial charge on any atom is 1.00 e. The second kappa shape index (κ2) is 55.4. The normalized spacial score (nSPS) is 11.7. The van der Waals surface area contributed by atoms with E-state index in [1.165, 1.54) is 23.3 Å². The maximum absolute atomic E-state index is 11.2. The summed E-state index contributed by atoms with van der Waals surface area (Å²) in [4.78, 5) is 54.1. The minimum absolute atomic E-state index is 0. The minimum atomic E-state index is -4.68. The van der Waals surface area contributed by atoms with E-state index in [9.17, 15) is 37.5 Å². The van der Waals surface area contributed by atoms with Crippen LogP contribution in [0.1, 0.15) is 77.8 Å². The van der Waals surface area contributed by atoms with Crippen molar-refractivity contribution >= 4 is 188 Å². The smallest absolute Gasteiger partial charge is 0.507 e. The van der Waals surface area contributed by atoms with Gasteiger partial charge in [0.2, 0.25) is 0 Å². The summed E-state index contributed by atoms with van der Waals surface area (Å²) < 4.78 is 65.8. The SMILES string of the molecule is CC1(C)OB(c2ccc(NC(N)=O)cc2)OC1(C)C.COc1ccc(CBr)cc1Br.COc1ccc(Cc2ccc(NC(N)=O)cc2)cc1-c1cccc(Cl)c1.COc1ccc(Cc2ccc(NC(N)=O)cc2)cc1Br.NC(=O)Nc1ccc(Cc2ccc(O)c(-c3cccc(Cl)c3)c2)cc1.NC(=O)Nc1ccc(Cc2ccc(OS(=O)(=O)O)c(-c3cccc(Cl)c3)c2)cc1.OB(O)c1cccc(Cl)c1.[Na+]. The number of halogens is 7. The summed E-state index contributed by atoms with van der Waals surface area (Å²) >= 11 is 34.0. The van der Waals surface area contributed by atoms with Crippen LogP contribution in [-0.4, -0.2) is 105 Å². The van der Waals surface area contributed by atoms with E-state index in [-0.39, 0.29) is 52.3 Å². The molecule has 141 heavy (non-hydrogen) atoms. The fourth-order valence-corrected chi connectivity index (χ4v) is 16.2. The summed E-state index contributed by atoms with van der Waals surface area (Å²) in [6.07, 6.45) is 2.80. The van der Waals surface area contributed by atoms with Gasteiger partial charge >= 0.3 is 84.3 Å². The number of ether oxygens (including phenoxy) is 3. The van der Waals surface area contributed by atoms with E-state index >= 15 is 0 Å². The van der Waals surface area contributed by atoms with Crippen molar-refractivity contribution < 1.29 is 109 Å². The first-order valence-electron chi connectivity index (χ1n) is 42.6. The monoisotopic (exact) mass is 2200 g/mol. The molecule has 0 radical (unpaired) electrons. The van der Waals surface area contributed by atoms with Crippen LogP contribution in [0.5, 0.6) is 28.7 Å². The molecular weight excluding hydrogens is 2110 g/mol. The Bertz CT molecular complexity index is 6690. The van der Waals surface area contributed by atoms with Gasteiger partial charge < -0.3 is 98.1 Å². The molecule has 726 valence electrons. The molecule has 15 rings (SSSR count). The molecule has 38 heteroatoms. The van der Waals surface area contributed by atoms with Crippen LogP contribution in [0.4, 0.5) is 52.4 Å². The number of urea groups is 5. The summed E-state index contributed by atoms with van der Waals surface area (Å²) in [5.41, 5.74) is 43.8. The van der Waals surface area contributed by atoms with Crippen LogP contribution in [0.3, 0.4) is 0 Å². The van der Waals surface area contributed by atoms with Gasteiger partial charge in [-0.3, -0.25) is 4.55 Å². The van der Waals surface area contributed by atoms with Gasteiger partial charge in [-0.25, -0.2) is 24.0 Å². The van der Waals surface area contributed by atoms with Gasteiger partial charge in [0.1, 0.15) is 23.0 Å². The van der Waals surface area contributed by atoms with Crippen molar-refractivity contribution in [2.45, 2.75) is 69.9 Å².